The van der Waals surface area contributed by atoms with E-state index in [0.717, 1.165) is 56.4 Å². The topological polar surface area (TPSA) is 45.9 Å². The Kier molecular flexibility index (Phi) is 3.84. The summed E-state index contributed by atoms with van der Waals surface area (Å²) in [4.78, 5) is 9.40. The van der Waals surface area contributed by atoms with Gasteiger partial charge in [-0.3, -0.25) is 0 Å². The first-order valence-corrected chi connectivity index (χ1v) is 7.05. The molecule has 0 unspecified atom stereocenters. The Morgan fingerprint density at radius 2 is 2.05 bits per heavy atom. The van der Waals surface area contributed by atoms with Gasteiger partial charge in [0.2, 0.25) is 0 Å². The van der Waals surface area contributed by atoms with Gasteiger partial charge >= 0.3 is 0 Å². The molecule has 0 N–H and O–H groups in total. The second-order valence-electron chi connectivity index (χ2n) is 5.29. The highest BCUT2D eigenvalue weighted by atomic mass is 16.5. The van der Waals surface area contributed by atoms with Gasteiger partial charge in [-0.1, -0.05) is 0 Å². The quantitative estimate of drug-likeness (QED) is 0.814. The number of ether oxygens (including phenoxy) is 1. The van der Waals surface area contributed by atoms with Crippen LogP contribution in [0.25, 0.3) is 5.65 Å². The first kappa shape index (κ1) is 13.3. The first-order chi connectivity index (χ1) is 9.74. The van der Waals surface area contributed by atoms with Crippen molar-refractivity contribution < 1.29 is 4.74 Å². The van der Waals surface area contributed by atoms with Crippen molar-refractivity contribution in [1.29, 1.82) is 0 Å². The van der Waals surface area contributed by atoms with Crippen molar-refractivity contribution in [2.45, 2.75) is 6.42 Å². The van der Waals surface area contributed by atoms with E-state index in [2.05, 4.69) is 26.9 Å². The summed E-state index contributed by atoms with van der Waals surface area (Å²) in [5.74, 6) is 1.72. The van der Waals surface area contributed by atoms with Crippen molar-refractivity contribution in [3.05, 3.63) is 24.2 Å². The number of hydrogen-bond donors (Lipinski definition) is 0. The number of rotatable bonds is 4. The molecule has 1 saturated heterocycles. The van der Waals surface area contributed by atoms with Gasteiger partial charge in [0.15, 0.2) is 11.5 Å². The first-order valence-electron chi connectivity index (χ1n) is 7.05. The van der Waals surface area contributed by atoms with Gasteiger partial charge in [-0.05, 0) is 13.1 Å². The molecule has 20 heavy (non-hydrogen) atoms. The van der Waals surface area contributed by atoms with Crippen molar-refractivity contribution in [3.8, 4) is 5.75 Å². The zero-order valence-corrected chi connectivity index (χ0v) is 12.1. The Hall–Kier alpha value is -1.66. The van der Waals surface area contributed by atoms with E-state index in [1.807, 2.05) is 22.8 Å². The van der Waals surface area contributed by atoms with E-state index in [0.29, 0.717) is 0 Å². The van der Waals surface area contributed by atoms with Crippen molar-refractivity contribution in [1.82, 2.24) is 24.4 Å². The summed E-state index contributed by atoms with van der Waals surface area (Å²) < 4.78 is 7.01. The zero-order valence-electron chi connectivity index (χ0n) is 12.1. The van der Waals surface area contributed by atoms with Gasteiger partial charge in [0.25, 0.3) is 0 Å². The van der Waals surface area contributed by atoms with E-state index in [1.54, 1.807) is 7.11 Å². The molecule has 0 aromatic carbocycles. The van der Waals surface area contributed by atoms with Crippen LogP contribution in [-0.2, 0) is 6.42 Å². The second kappa shape index (κ2) is 5.76. The molecule has 1 aliphatic rings. The van der Waals surface area contributed by atoms with Crippen LogP contribution in [-0.4, -0.2) is 71.3 Å². The molecule has 108 valence electrons. The van der Waals surface area contributed by atoms with Crippen LogP contribution in [0.5, 0.6) is 5.75 Å². The van der Waals surface area contributed by atoms with Crippen molar-refractivity contribution in [3.63, 3.8) is 0 Å². The van der Waals surface area contributed by atoms with Crippen LogP contribution in [0.2, 0.25) is 0 Å². The lowest BCUT2D eigenvalue weighted by atomic mass is 10.3. The van der Waals surface area contributed by atoms with Crippen LogP contribution in [0.4, 0.5) is 0 Å². The van der Waals surface area contributed by atoms with Gasteiger partial charge in [0, 0.05) is 51.4 Å². The maximum atomic E-state index is 5.20. The van der Waals surface area contributed by atoms with Crippen LogP contribution in [0.15, 0.2) is 18.3 Å². The van der Waals surface area contributed by atoms with Gasteiger partial charge in [0.05, 0.1) is 7.11 Å². The van der Waals surface area contributed by atoms with Crippen molar-refractivity contribution in [2.24, 2.45) is 0 Å². The third-order valence-electron chi connectivity index (χ3n) is 3.84. The summed E-state index contributed by atoms with van der Waals surface area (Å²) in [6, 6.07) is 3.80. The number of methoxy groups -OCH3 is 1. The summed E-state index contributed by atoms with van der Waals surface area (Å²) >= 11 is 0. The molecule has 2 aromatic rings. The Morgan fingerprint density at radius 1 is 1.25 bits per heavy atom. The van der Waals surface area contributed by atoms with E-state index in [1.165, 1.54) is 0 Å². The highest BCUT2D eigenvalue weighted by Gasteiger charge is 2.14. The SMILES string of the molecule is COc1ccn2nc(CCN3CCN(C)CC3)nc2c1. The molecular formula is C14H21N5O. The molecule has 0 bridgehead atoms. The number of nitrogens with zero attached hydrogens (tertiary/aromatic N) is 5. The van der Waals surface area contributed by atoms with E-state index in [-0.39, 0.29) is 0 Å². The standard InChI is InChI=1S/C14H21N5O/c1-17-7-9-18(10-8-17)5-4-13-15-14-11-12(20-2)3-6-19(14)16-13/h3,6,11H,4-5,7-10H2,1-2H3. The summed E-state index contributed by atoms with van der Waals surface area (Å²) in [6.07, 6.45) is 2.79. The van der Waals surface area contributed by atoms with Crippen LogP contribution in [0, 0.1) is 0 Å². The molecule has 0 radical (unpaired) electrons. The molecule has 6 heteroatoms. The maximum Gasteiger partial charge on any atom is 0.159 e. The number of pyridine rings is 1. The minimum Gasteiger partial charge on any atom is -0.497 e. The summed E-state index contributed by atoms with van der Waals surface area (Å²) in [5, 5.41) is 4.50. The maximum absolute atomic E-state index is 5.20. The predicted molar refractivity (Wildman–Crippen MR) is 77.2 cm³/mol. The third-order valence-corrected chi connectivity index (χ3v) is 3.84. The van der Waals surface area contributed by atoms with E-state index in [4.69, 9.17) is 4.74 Å². The van der Waals surface area contributed by atoms with Crippen LogP contribution in [0.1, 0.15) is 5.82 Å². The largest absolute Gasteiger partial charge is 0.497 e. The molecule has 3 rings (SSSR count). The predicted octanol–water partition coefficient (Wildman–Crippen LogP) is 0.528. The van der Waals surface area contributed by atoms with Gasteiger partial charge in [0.1, 0.15) is 5.75 Å². The minimum atomic E-state index is 0.815. The Morgan fingerprint density at radius 3 is 2.80 bits per heavy atom. The zero-order chi connectivity index (χ0) is 13.9. The molecule has 1 aliphatic heterocycles. The molecule has 0 saturated carbocycles. The fourth-order valence-corrected chi connectivity index (χ4v) is 2.47. The molecule has 0 spiro atoms. The van der Waals surface area contributed by atoms with Crippen LogP contribution >= 0.6 is 0 Å². The lowest BCUT2D eigenvalue weighted by Gasteiger charge is -2.31. The Bertz CT molecular complexity index is 574. The number of fused-ring (bicyclic) bond motifs is 1. The molecule has 2 aromatic heterocycles. The Balaban J connectivity index is 1.62. The second-order valence-corrected chi connectivity index (χ2v) is 5.29. The van der Waals surface area contributed by atoms with Gasteiger partial charge in [-0.2, -0.15) is 5.10 Å². The molecule has 6 nitrogen and oxygen atoms in total. The normalized spacial score (nSPS) is 17.7. The average molecular weight is 275 g/mol. The average Bonchev–Trinajstić information content (AvgIpc) is 2.88. The molecule has 0 aliphatic carbocycles. The van der Waals surface area contributed by atoms with Crippen molar-refractivity contribution in [2.75, 3.05) is 46.9 Å². The van der Waals surface area contributed by atoms with Gasteiger partial charge in [-0.25, -0.2) is 9.50 Å². The molecule has 3 heterocycles. The highest BCUT2D eigenvalue weighted by molar-refractivity contribution is 5.43. The molecular weight excluding hydrogens is 254 g/mol. The Labute approximate surface area is 119 Å². The number of aromatic nitrogens is 3. The highest BCUT2D eigenvalue weighted by Crippen LogP contribution is 2.12. The molecule has 1 fully saturated rings. The minimum absolute atomic E-state index is 0.815. The summed E-state index contributed by atoms with van der Waals surface area (Å²) in [5.41, 5.74) is 0.845. The lowest BCUT2D eigenvalue weighted by Crippen LogP contribution is -2.45. The number of piperazine rings is 1. The number of likely N-dealkylation sites (N-methyl/N-ethyl adjacent to an activating group) is 1. The van der Waals surface area contributed by atoms with Crippen LogP contribution in [0.3, 0.4) is 0 Å². The van der Waals surface area contributed by atoms with Gasteiger partial charge in [-0.15, -0.1) is 0 Å². The lowest BCUT2D eigenvalue weighted by molar-refractivity contribution is 0.155. The third kappa shape index (κ3) is 2.91. The monoisotopic (exact) mass is 275 g/mol. The fraction of sp³-hybridized carbons (Fsp3) is 0.571. The van der Waals surface area contributed by atoms with E-state index >= 15 is 0 Å². The molecule has 0 amide bonds. The smallest absolute Gasteiger partial charge is 0.159 e. The molecule has 0 atom stereocenters. The van der Waals surface area contributed by atoms with E-state index < -0.39 is 0 Å². The fourth-order valence-electron chi connectivity index (χ4n) is 2.47. The number of hydrogen-bond acceptors (Lipinski definition) is 5. The van der Waals surface area contributed by atoms with E-state index in [9.17, 15) is 0 Å². The van der Waals surface area contributed by atoms with Crippen molar-refractivity contribution >= 4 is 5.65 Å². The summed E-state index contributed by atoms with van der Waals surface area (Å²) in [6.45, 7) is 5.60. The van der Waals surface area contributed by atoms with Gasteiger partial charge < -0.3 is 14.5 Å². The van der Waals surface area contributed by atoms with Crippen LogP contribution < -0.4 is 4.74 Å². The summed E-state index contributed by atoms with van der Waals surface area (Å²) in [7, 11) is 3.84.